The van der Waals surface area contributed by atoms with Gasteiger partial charge in [-0.1, -0.05) is 19.9 Å². The molecule has 0 aromatic carbocycles. The van der Waals surface area contributed by atoms with Gasteiger partial charge in [0.2, 0.25) is 5.91 Å². The van der Waals surface area contributed by atoms with Crippen molar-refractivity contribution in [2.24, 2.45) is 5.92 Å². The molecular weight excluding hydrogens is 194 g/mol. The molecule has 1 atom stereocenters. The quantitative estimate of drug-likeness (QED) is 0.814. The first-order valence-electron chi connectivity index (χ1n) is 4.92. The van der Waals surface area contributed by atoms with Gasteiger partial charge in [-0.05, 0) is 18.4 Å². The first-order valence-corrected chi connectivity index (χ1v) is 5.80. The van der Waals surface area contributed by atoms with Crippen molar-refractivity contribution in [2.45, 2.75) is 33.2 Å². The van der Waals surface area contributed by atoms with E-state index in [0.717, 1.165) is 6.42 Å². The second kappa shape index (κ2) is 5.15. The second-order valence-corrected chi connectivity index (χ2v) is 4.88. The van der Waals surface area contributed by atoms with Gasteiger partial charge in [-0.25, -0.2) is 0 Å². The van der Waals surface area contributed by atoms with Gasteiger partial charge >= 0.3 is 0 Å². The highest BCUT2D eigenvalue weighted by Gasteiger charge is 2.11. The van der Waals surface area contributed by atoms with E-state index in [-0.39, 0.29) is 17.9 Å². The SMILES string of the molecule is CC(C)C(=O)N[C@H](C)Cc1cccs1. The van der Waals surface area contributed by atoms with E-state index in [2.05, 4.69) is 16.8 Å². The van der Waals surface area contributed by atoms with Crippen LogP contribution >= 0.6 is 11.3 Å². The Balaban J connectivity index is 2.36. The third-order valence-corrected chi connectivity index (χ3v) is 2.90. The molecule has 0 bridgehead atoms. The molecule has 0 radical (unpaired) electrons. The van der Waals surface area contributed by atoms with Crippen molar-refractivity contribution in [1.29, 1.82) is 0 Å². The first kappa shape index (κ1) is 11.2. The highest BCUT2D eigenvalue weighted by Crippen LogP contribution is 2.11. The number of carbonyl (C=O) groups excluding carboxylic acids is 1. The molecule has 0 spiro atoms. The van der Waals surface area contributed by atoms with E-state index in [1.165, 1.54) is 4.88 Å². The molecule has 0 aliphatic heterocycles. The van der Waals surface area contributed by atoms with Crippen molar-refractivity contribution >= 4 is 17.2 Å². The van der Waals surface area contributed by atoms with Crippen LogP contribution in [0.4, 0.5) is 0 Å². The van der Waals surface area contributed by atoms with Crippen LogP contribution in [0.1, 0.15) is 25.6 Å². The third-order valence-electron chi connectivity index (χ3n) is 2.00. The summed E-state index contributed by atoms with van der Waals surface area (Å²) in [7, 11) is 0. The summed E-state index contributed by atoms with van der Waals surface area (Å²) in [5.74, 6) is 0.204. The summed E-state index contributed by atoms with van der Waals surface area (Å²) >= 11 is 1.74. The van der Waals surface area contributed by atoms with E-state index in [1.54, 1.807) is 11.3 Å². The number of nitrogens with one attached hydrogen (secondary N) is 1. The Morgan fingerprint density at radius 1 is 1.50 bits per heavy atom. The monoisotopic (exact) mass is 211 g/mol. The molecule has 1 aromatic heterocycles. The summed E-state index contributed by atoms with van der Waals surface area (Å²) in [6.45, 7) is 5.86. The van der Waals surface area contributed by atoms with E-state index in [0.29, 0.717) is 0 Å². The lowest BCUT2D eigenvalue weighted by atomic mass is 10.1. The predicted molar refractivity (Wildman–Crippen MR) is 60.5 cm³/mol. The zero-order chi connectivity index (χ0) is 10.6. The second-order valence-electron chi connectivity index (χ2n) is 3.85. The van der Waals surface area contributed by atoms with Gasteiger partial charge < -0.3 is 5.32 Å². The molecule has 2 nitrogen and oxygen atoms in total. The van der Waals surface area contributed by atoms with Gasteiger partial charge in [0, 0.05) is 23.3 Å². The van der Waals surface area contributed by atoms with Gasteiger partial charge in [0.25, 0.3) is 0 Å². The van der Waals surface area contributed by atoms with Crippen LogP contribution < -0.4 is 5.32 Å². The Kier molecular flexibility index (Phi) is 4.14. The van der Waals surface area contributed by atoms with E-state index < -0.39 is 0 Å². The van der Waals surface area contributed by atoms with Crippen LogP contribution in [0.5, 0.6) is 0 Å². The fourth-order valence-electron chi connectivity index (χ4n) is 1.19. The van der Waals surface area contributed by atoms with Crippen LogP contribution in [0, 0.1) is 5.92 Å². The smallest absolute Gasteiger partial charge is 0.222 e. The maximum Gasteiger partial charge on any atom is 0.222 e. The van der Waals surface area contributed by atoms with Crippen molar-refractivity contribution in [3.63, 3.8) is 0 Å². The van der Waals surface area contributed by atoms with Crippen molar-refractivity contribution in [2.75, 3.05) is 0 Å². The van der Waals surface area contributed by atoms with Crippen LogP contribution in [-0.4, -0.2) is 11.9 Å². The van der Waals surface area contributed by atoms with Crippen LogP contribution in [0.15, 0.2) is 17.5 Å². The number of thiophene rings is 1. The average molecular weight is 211 g/mol. The molecule has 1 rings (SSSR count). The summed E-state index contributed by atoms with van der Waals surface area (Å²) in [5.41, 5.74) is 0. The molecule has 78 valence electrons. The van der Waals surface area contributed by atoms with E-state index in [9.17, 15) is 4.79 Å². The lowest BCUT2D eigenvalue weighted by molar-refractivity contribution is -0.124. The first-order chi connectivity index (χ1) is 6.59. The van der Waals surface area contributed by atoms with Gasteiger partial charge in [-0.3, -0.25) is 4.79 Å². The summed E-state index contributed by atoms with van der Waals surface area (Å²) in [6, 6.07) is 4.36. The minimum Gasteiger partial charge on any atom is -0.353 e. The summed E-state index contributed by atoms with van der Waals surface area (Å²) in [6.07, 6.45) is 0.927. The Labute approximate surface area is 89.3 Å². The van der Waals surface area contributed by atoms with Crippen molar-refractivity contribution in [1.82, 2.24) is 5.32 Å². The van der Waals surface area contributed by atoms with Gasteiger partial charge in [-0.2, -0.15) is 0 Å². The molecule has 0 aliphatic rings. The maximum absolute atomic E-state index is 11.4. The van der Waals surface area contributed by atoms with Crippen molar-refractivity contribution in [3.8, 4) is 0 Å². The third kappa shape index (κ3) is 3.50. The highest BCUT2D eigenvalue weighted by molar-refractivity contribution is 7.09. The van der Waals surface area contributed by atoms with Gasteiger partial charge in [0.1, 0.15) is 0 Å². The number of amides is 1. The zero-order valence-corrected chi connectivity index (χ0v) is 9.73. The fraction of sp³-hybridized carbons (Fsp3) is 0.545. The molecule has 0 unspecified atom stereocenters. The van der Waals surface area contributed by atoms with Crippen LogP contribution in [0.3, 0.4) is 0 Å². The van der Waals surface area contributed by atoms with Gasteiger partial charge in [0.15, 0.2) is 0 Å². The molecule has 1 aromatic rings. The van der Waals surface area contributed by atoms with Crippen molar-refractivity contribution in [3.05, 3.63) is 22.4 Å². The number of carbonyl (C=O) groups is 1. The lowest BCUT2D eigenvalue weighted by Gasteiger charge is -2.14. The van der Waals surface area contributed by atoms with E-state index in [4.69, 9.17) is 0 Å². The standard InChI is InChI=1S/C11H17NOS/c1-8(2)11(13)12-9(3)7-10-5-4-6-14-10/h4-6,8-9H,7H2,1-3H3,(H,12,13)/t9-/m1/s1. The molecule has 1 amide bonds. The average Bonchev–Trinajstić information content (AvgIpc) is 2.56. The zero-order valence-electron chi connectivity index (χ0n) is 8.91. The molecular formula is C11H17NOS. The number of rotatable bonds is 4. The van der Waals surface area contributed by atoms with Crippen LogP contribution in [0.2, 0.25) is 0 Å². The predicted octanol–water partition coefficient (Wildman–Crippen LogP) is 2.45. The molecule has 14 heavy (non-hydrogen) atoms. The number of hydrogen-bond acceptors (Lipinski definition) is 2. The fourth-order valence-corrected chi connectivity index (χ4v) is 2.03. The van der Waals surface area contributed by atoms with E-state index in [1.807, 2.05) is 26.8 Å². The maximum atomic E-state index is 11.4. The minimum absolute atomic E-state index is 0.0702. The molecule has 0 aliphatic carbocycles. The molecule has 0 saturated heterocycles. The topological polar surface area (TPSA) is 29.1 Å². The highest BCUT2D eigenvalue weighted by atomic mass is 32.1. The Hall–Kier alpha value is -0.830. The summed E-state index contributed by atoms with van der Waals surface area (Å²) < 4.78 is 0. The van der Waals surface area contributed by atoms with Crippen LogP contribution in [-0.2, 0) is 11.2 Å². The van der Waals surface area contributed by atoms with Crippen molar-refractivity contribution < 1.29 is 4.79 Å². The molecule has 1 N–H and O–H groups in total. The lowest BCUT2D eigenvalue weighted by Crippen LogP contribution is -2.36. The Morgan fingerprint density at radius 2 is 2.21 bits per heavy atom. The minimum atomic E-state index is 0.0702. The largest absolute Gasteiger partial charge is 0.353 e. The van der Waals surface area contributed by atoms with Crippen LogP contribution in [0.25, 0.3) is 0 Å². The van der Waals surface area contributed by atoms with E-state index >= 15 is 0 Å². The number of hydrogen-bond donors (Lipinski definition) is 1. The molecule has 0 saturated carbocycles. The summed E-state index contributed by atoms with van der Waals surface area (Å²) in [4.78, 5) is 12.7. The summed E-state index contributed by atoms with van der Waals surface area (Å²) in [5, 5.41) is 5.05. The Morgan fingerprint density at radius 3 is 2.71 bits per heavy atom. The molecule has 1 heterocycles. The molecule has 3 heteroatoms. The van der Waals surface area contributed by atoms with Gasteiger partial charge in [0.05, 0.1) is 0 Å². The van der Waals surface area contributed by atoms with Gasteiger partial charge in [-0.15, -0.1) is 11.3 Å². The molecule has 0 fully saturated rings. The normalized spacial score (nSPS) is 12.9. The Bertz CT molecular complexity index is 279.